The molecule has 0 N–H and O–H groups in total. The first-order chi connectivity index (χ1) is 13.4. The van der Waals surface area contributed by atoms with Gasteiger partial charge in [0.25, 0.3) is 0 Å². The molecule has 0 aliphatic carbocycles. The Balaban J connectivity index is 1.94. The molecule has 2 atom stereocenters. The van der Waals surface area contributed by atoms with Gasteiger partial charge in [0.2, 0.25) is 5.91 Å². The second-order valence-corrected chi connectivity index (χ2v) is 11.0. The number of hydrogen-bond acceptors (Lipinski definition) is 5. The van der Waals surface area contributed by atoms with Gasteiger partial charge in [0.1, 0.15) is 11.4 Å². The fourth-order valence-corrected chi connectivity index (χ4v) is 5.44. The fourth-order valence-electron chi connectivity index (χ4n) is 3.71. The second-order valence-electron chi connectivity index (χ2n) is 8.78. The molecule has 9 heteroatoms. The number of nitrogens with zero attached hydrogens (tertiary/aromatic N) is 2. The first-order valence-corrected chi connectivity index (χ1v) is 11.5. The van der Waals surface area contributed by atoms with E-state index in [4.69, 9.17) is 4.74 Å². The van der Waals surface area contributed by atoms with E-state index in [-0.39, 0.29) is 36.9 Å². The Morgan fingerprint density at radius 1 is 1.24 bits per heavy atom. The molecule has 0 spiro atoms. The lowest BCUT2D eigenvalue weighted by atomic mass is 10.1. The van der Waals surface area contributed by atoms with Crippen molar-refractivity contribution in [2.45, 2.75) is 52.3 Å². The third-order valence-corrected chi connectivity index (χ3v) is 6.90. The quantitative estimate of drug-likeness (QED) is 0.690. The van der Waals surface area contributed by atoms with Crippen molar-refractivity contribution in [3.8, 4) is 0 Å². The van der Waals surface area contributed by atoms with E-state index in [2.05, 4.69) is 0 Å². The Bertz CT molecular complexity index is 925. The van der Waals surface area contributed by atoms with Gasteiger partial charge in [0.05, 0.1) is 35.7 Å². The minimum absolute atomic E-state index is 0.0210. The largest absolute Gasteiger partial charge is 0.444 e. The van der Waals surface area contributed by atoms with E-state index in [1.54, 1.807) is 33.8 Å². The third-order valence-electron chi connectivity index (χ3n) is 5.13. The molecule has 0 aromatic heterocycles. The van der Waals surface area contributed by atoms with Crippen molar-refractivity contribution in [1.29, 1.82) is 0 Å². The molecular formula is C20H27FN2O5S. The zero-order valence-electron chi connectivity index (χ0n) is 17.1. The van der Waals surface area contributed by atoms with Gasteiger partial charge >= 0.3 is 6.09 Å². The summed E-state index contributed by atoms with van der Waals surface area (Å²) in [6.07, 6.45) is -0.259. The molecule has 2 aliphatic heterocycles. The summed E-state index contributed by atoms with van der Waals surface area (Å²) in [5.74, 6) is -1.73. The lowest BCUT2D eigenvalue weighted by Crippen LogP contribution is -2.47. The van der Waals surface area contributed by atoms with E-state index in [0.29, 0.717) is 11.3 Å². The van der Waals surface area contributed by atoms with E-state index in [0.717, 1.165) is 0 Å². The number of carbonyl (C=O) groups excluding carboxylic acids is 2. The summed E-state index contributed by atoms with van der Waals surface area (Å²) < 4.78 is 43.2. The number of amides is 2. The predicted molar refractivity (Wildman–Crippen MR) is 107 cm³/mol. The molecule has 0 unspecified atom stereocenters. The number of anilines is 1. The molecule has 1 aromatic rings. The number of ether oxygens (including phenoxy) is 1. The van der Waals surface area contributed by atoms with Gasteiger partial charge in [-0.05, 0) is 51.8 Å². The molecule has 1 aromatic carbocycles. The van der Waals surface area contributed by atoms with Crippen LogP contribution < -0.4 is 4.90 Å². The maximum Gasteiger partial charge on any atom is 0.410 e. The van der Waals surface area contributed by atoms with Crippen molar-refractivity contribution in [2.24, 2.45) is 5.92 Å². The third kappa shape index (κ3) is 4.88. The summed E-state index contributed by atoms with van der Waals surface area (Å²) >= 11 is 0. The van der Waals surface area contributed by atoms with Crippen LogP contribution in [-0.4, -0.2) is 55.0 Å². The highest BCUT2D eigenvalue weighted by Gasteiger charge is 2.39. The number of halogens is 1. The van der Waals surface area contributed by atoms with Crippen molar-refractivity contribution in [2.75, 3.05) is 23.0 Å². The van der Waals surface area contributed by atoms with E-state index in [1.165, 1.54) is 21.9 Å². The zero-order valence-corrected chi connectivity index (χ0v) is 18.0. The van der Waals surface area contributed by atoms with Crippen LogP contribution in [0.2, 0.25) is 0 Å². The fraction of sp³-hybridized carbons (Fsp3) is 0.600. The van der Waals surface area contributed by atoms with Crippen LogP contribution in [0.3, 0.4) is 0 Å². The first-order valence-electron chi connectivity index (χ1n) is 9.66. The van der Waals surface area contributed by atoms with E-state index < -0.39 is 39.3 Å². The minimum Gasteiger partial charge on any atom is -0.444 e. The summed E-state index contributed by atoms with van der Waals surface area (Å²) in [4.78, 5) is 28.8. The molecular weight excluding hydrogens is 399 g/mol. The second kappa shape index (κ2) is 7.59. The number of benzene rings is 1. The topological polar surface area (TPSA) is 84.0 Å². The van der Waals surface area contributed by atoms with Gasteiger partial charge in [-0.2, -0.15) is 0 Å². The molecule has 0 saturated carbocycles. The summed E-state index contributed by atoms with van der Waals surface area (Å²) in [5, 5.41) is 0. The van der Waals surface area contributed by atoms with Crippen LogP contribution in [0.15, 0.2) is 18.2 Å². The summed E-state index contributed by atoms with van der Waals surface area (Å²) in [5.41, 5.74) is 0.302. The number of rotatable bonds is 1. The number of carbonyl (C=O) groups is 2. The van der Waals surface area contributed by atoms with Gasteiger partial charge in [-0.15, -0.1) is 0 Å². The highest BCUT2D eigenvalue weighted by molar-refractivity contribution is 7.91. The van der Waals surface area contributed by atoms with Gasteiger partial charge < -0.3 is 9.64 Å². The van der Waals surface area contributed by atoms with Crippen LogP contribution in [0, 0.1) is 11.7 Å². The molecule has 2 heterocycles. The molecule has 0 bridgehead atoms. The van der Waals surface area contributed by atoms with E-state index in [1.807, 2.05) is 0 Å². The normalized spacial score (nSPS) is 24.0. The monoisotopic (exact) mass is 426 g/mol. The zero-order chi connectivity index (χ0) is 21.6. The molecule has 1 saturated heterocycles. The van der Waals surface area contributed by atoms with Crippen LogP contribution in [-0.2, 0) is 25.9 Å². The average molecular weight is 427 g/mol. The maximum absolute atomic E-state index is 14.0. The Labute approximate surface area is 170 Å². The Hall–Kier alpha value is -2.16. The van der Waals surface area contributed by atoms with Crippen molar-refractivity contribution >= 4 is 27.5 Å². The predicted octanol–water partition coefficient (Wildman–Crippen LogP) is 2.73. The molecule has 2 amide bonds. The standard InChI is InChI=1S/C20H27FN2O5S/c1-13-10-23(18(24)15-7-8-29(26,27)12-15)17-9-16(21)6-5-14(17)11-22(13)19(25)28-20(2,3)4/h5-6,9,13,15H,7-8,10-12H2,1-4H3/t13-,15-/m1/s1. The first kappa shape index (κ1) is 21.5. The van der Waals surface area contributed by atoms with Crippen molar-refractivity contribution in [1.82, 2.24) is 4.90 Å². The minimum atomic E-state index is -3.24. The van der Waals surface area contributed by atoms with Crippen LogP contribution >= 0.6 is 0 Å². The van der Waals surface area contributed by atoms with Crippen molar-refractivity contribution in [3.63, 3.8) is 0 Å². The molecule has 3 rings (SSSR count). The molecule has 160 valence electrons. The average Bonchev–Trinajstić information content (AvgIpc) is 2.88. The van der Waals surface area contributed by atoms with Gasteiger partial charge in [-0.25, -0.2) is 17.6 Å². The number of sulfone groups is 1. The SMILES string of the molecule is C[C@@H]1CN(C(=O)[C@@H]2CCS(=O)(=O)C2)c2cc(F)ccc2CN1C(=O)OC(C)(C)C. The van der Waals surface area contributed by atoms with E-state index >= 15 is 0 Å². The lowest BCUT2D eigenvalue weighted by molar-refractivity contribution is -0.121. The maximum atomic E-state index is 14.0. The molecule has 2 aliphatic rings. The molecule has 0 radical (unpaired) electrons. The Kier molecular flexibility index (Phi) is 5.64. The van der Waals surface area contributed by atoms with Crippen LogP contribution in [0.25, 0.3) is 0 Å². The van der Waals surface area contributed by atoms with Gasteiger partial charge in [-0.3, -0.25) is 9.69 Å². The molecule has 1 fully saturated rings. The van der Waals surface area contributed by atoms with Crippen molar-refractivity contribution < 1.29 is 27.1 Å². The van der Waals surface area contributed by atoms with Crippen LogP contribution in [0.4, 0.5) is 14.9 Å². The number of fused-ring (bicyclic) bond motifs is 1. The van der Waals surface area contributed by atoms with Crippen LogP contribution in [0.1, 0.15) is 39.7 Å². The smallest absolute Gasteiger partial charge is 0.410 e. The summed E-state index contributed by atoms with van der Waals surface area (Å²) in [6.45, 7) is 7.40. The highest BCUT2D eigenvalue weighted by Crippen LogP contribution is 2.32. The van der Waals surface area contributed by atoms with Gasteiger partial charge in [-0.1, -0.05) is 6.07 Å². The summed E-state index contributed by atoms with van der Waals surface area (Å²) in [6, 6.07) is 3.70. The Morgan fingerprint density at radius 2 is 1.93 bits per heavy atom. The molecule has 29 heavy (non-hydrogen) atoms. The molecule has 7 nitrogen and oxygen atoms in total. The Morgan fingerprint density at radius 3 is 2.52 bits per heavy atom. The van der Waals surface area contributed by atoms with Crippen LogP contribution in [0.5, 0.6) is 0 Å². The number of hydrogen-bond donors (Lipinski definition) is 0. The van der Waals surface area contributed by atoms with E-state index in [9.17, 15) is 22.4 Å². The summed E-state index contributed by atoms with van der Waals surface area (Å²) in [7, 11) is -3.24. The van der Waals surface area contributed by atoms with Crippen molar-refractivity contribution in [3.05, 3.63) is 29.6 Å². The lowest BCUT2D eigenvalue weighted by Gasteiger charge is -2.31. The highest BCUT2D eigenvalue weighted by atomic mass is 32.2. The van der Waals surface area contributed by atoms with Gasteiger partial charge in [0.15, 0.2) is 9.84 Å². The van der Waals surface area contributed by atoms with Gasteiger partial charge in [0, 0.05) is 6.54 Å².